The number of aryl methyl sites for hydroxylation is 1. The van der Waals surface area contributed by atoms with E-state index in [1.165, 1.54) is 57.1 Å². The average Bonchev–Trinajstić information content (AvgIpc) is 3.23. The second-order valence-electron chi connectivity index (χ2n) is 8.91. The number of aromatic nitrogens is 2. The van der Waals surface area contributed by atoms with E-state index in [4.69, 9.17) is 9.84 Å². The van der Waals surface area contributed by atoms with Gasteiger partial charge in [-0.25, -0.2) is 0 Å². The number of ether oxygens (including phenoxy) is 1. The Morgan fingerprint density at radius 1 is 1.27 bits per heavy atom. The van der Waals surface area contributed by atoms with Crippen LogP contribution in [0.1, 0.15) is 67.8 Å². The van der Waals surface area contributed by atoms with Gasteiger partial charge in [0.2, 0.25) is 0 Å². The van der Waals surface area contributed by atoms with Crippen LogP contribution >= 0.6 is 0 Å². The summed E-state index contributed by atoms with van der Waals surface area (Å²) in [6.45, 7) is 6.19. The monoisotopic (exact) mass is 360 g/mol. The second kappa shape index (κ2) is 7.99. The van der Waals surface area contributed by atoms with Crippen LogP contribution in [-0.2, 0) is 24.2 Å². The standard InChI is InChI=1S/C21H36N4O/c1-22-11-13-24(2)15-18-20(19-5-3-12-25(19)23-18)17-6-9-21(10-7-17)8-4-14-26-16-21/h17,22H,3-16H2,1-2H3/t17-,21+. The summed E-state index contributed by atoms with van der Waals surface area (Å²) in [4.78, 5) is 2.41. The van der Waals surface area contributed by atoms with Crippen molar-refractivity contribution in [2.75, 3.05) is 40.4 Å². The first-order chi connectivity index (χ1) is 12.7. The molecule has 0 unspecified atom stereocenters. The van der Waals surface area contributed by atoms with Gasteiger partial charge in [-0.3, -0.25) is 9.58 Å². The zero-order chi connectivity index (χ0) is 18.0. The van der Waals surface area contributed by atoms with Crippen molar-refractivity contribution in [3.8, 4) is 0 Å². The summed E-state index contributed by atoms with van der Waals surface area (Å²) in [5, 5.41) is 8.30. The Labute approximate surface area is 158 Å². The molecule has 5 nitrogen and oxygen atoms in total. The first kappa shape index (κ1) is 18.5. The van der Waals surface area contributed by atoms with Crippen LogP contribution in [-0.4, -0.2) is 55.1 Å². The van der Waals surface area contributed by atoms with Crippen LogP contribution in [0.2, 0.25) is 0 Å². The van der Waals surface area contributed by atoms with Gasteiger partial charge < -0.3 is 10.1 Å². The lowest BCUT2D eigenvalue weighted by atomic mass is 9.66. The number of rotatable bonds is 6. The second-order valence-corrected chi connectivity index (χ2v) is 8.91. The first-order valence-corrected chi connectivity index (χ1v) is 10.7. The van der Waals surface area contributed by atoms with Crippen molar-refractivity contribution in [2.24, 2.45) is 5.41 Å². The molecule has 0 radical (unpaired) electrons. The van der Waals surface area contributed by atoms with Gasteiger partial charge in [0.15, 0.2) is 0 Å². The maximum atomic E-state index is 5.85. The molecule has 0 aromatic carbocycles. The summed E-state index contributed by atoms with van der Waals surface area (Å²) in [7, 11) is 4.25. The number of likely N-dealkylation sites (N-methyl/N-ethyl adjacent to an activating group) is 2. The third-order valence-electron chi connectivity index (χ3n) is 6.98. The van der Waals surface area contributed by atoms with E-state index >= 15 is 0 Å². The largest absolute Gasteiger partial charge is 0.381 e. The van der Waals surface area contributed by atoms with E-state index in [0.29, 0.717) is 5.41 Å². The van der Waals surface area contributed by atoms with Crippen molar-refractivity contribution >= 4 is 0 Å². The van der Waals surface area contributed by atoms with Crippen molar-refractivity contribution in [1.82, 2.24) is 20.0 Å². The summed E-state index contributed by atoms with van der Waals surface area (Å²) in [5.74, 6) is 0.720. The quantitative estimate of drug-likeness (QED) is 0.847. The van der Waals surface area contributed by atoms with Gasteiger partial charge in [0, 0.05) is 44.0 Å². The molecule has 3 aliphatic rings. The summed E-state index contributed by atoms with van der Waals surface area (Å²) < 4.78 is 8.17. The summed E-state index contributed by atoms with van der Waals surface area (Å²) in [5.41, 5.74) is 5.04. The van der Waals surface area contributed by atoms with E-state index in [0.717, 1.165) is 45.3 Å². The molecule has 2 aliphatic heterocycles. The number of fused-ring (bicyclic) bond motifs is 1. The van der Waals surface area contributed by atoms with E-state index in [2.05, 4.69) is 21.9 Å². The normalized spacial score (nSPS) is 28.8. The van der Waals surface area contributed by atoms with E-state index in [1.54, 1.807) is 11.3 Å². The highest BCUT2D eigenvalue weighted by Gasteiger charge is 2.39. The minimum Gasteiger partial charge on any atom is -0.381 e. The Bertz CT molecular complexity index is 595. The summed E-state index contributed by atoms with van der Waals surface area (Å²) in [6, 6.07) is 0. The van der Waals surface area contributed by atoms with Gasteiger partial charge in [-0.2, -0.15) is 5.10 Å². The van der Waals surface area contributed by atoms with Crippen molar-refractivity contribution in [3.63, 3.8) is 0 Å². The molecule has 0 bridgehead atoms. The van der Waals surface area contributed by atoms with Crippen LogP contribution in [0.25, 0.3) is 0 Å². The Morgan fingerprint density at radius 3 is 2.85 bits per heavy atom. The van der Waals surface area contributed by atoms with Crippen molar-refractivity contribution in [1.29, 1.82) is 0 Å². The fraction of sp³-hybridized carbons (Fsp3) is 0.857. The summed E-state index contributed by atoms with van der Waals surface area (Å²) >= 11 is 0. The molecule has 4 rings (SSSR count). The van der Waals surface area contributed by atoms with E-state index in [-0.39, 0.29) is 0 Å². The molecule has 146 valence electrons. The first-order valence-electron chi connectivity index (χ1n) is 10.7. The van der Waals surface area contributed by atoms with Crippen molar-refractivity contribution < 1.29 is 4.74 Å². The predicted octanol–water partition coefficient (Wildman–Crippen LogP) is 2.93. The maximum Gasteiger partial charge on any atom is 0.0802 e. The van der Waals surface area contributed by atoms with Crippen LogP contribution in [0.3, 0.4) is 0 Å². The molecule has 1 spiro atoms. The van der Waals surface area contributed by atoms with Crippen molar-refractivity contribution in [3.05, 3.63) is 17.0 Å². The fourth-order valence-corrected chi connectivity index (χ4v) is 5.46. The van der Waals surface area contributed by atoms with Gasteiger partial charge in [-0.15, -0.1) is 0 Å². The zero-order valence-electron chi connectivity index (χ0n) is 16.7. The molecule has 0 atom stereocenters. The van der Waals surface area contributed by atoms with Crippen LogP contribution < -0.4 is 5.32 Å². The number of hydrogen-bond donors (Lipinski definition) is 1. The van der Waals surface area contributed by atoms with E-state index in [1.807, 2.05) is 7.05 Å². The van der Waals surface area contributed by atoms with Crippen LogP contribution in [0.4, 0.5) is 0 Å². The Kier molecular flexibility index (Phi) is 5.67. The van der Waals surface area contributed by atoms with Gasteiger partial charge in [-0.1, -0.05) is 0 Å². The minimum absolute atomic E-state index is 0.495. The predicted molar refractivity (Wildman–Crippen MR) is 105 cm³/mol. The van der Waals surface area contributed by atoms with Crippen LogP contribution in [0, 0.1) is 5.41 Å². The minimum atomic E-state index is 0.495. The smallest absolute Gasteiger partial charge is 0.0802 e. The molecule has 1 saturated carbocycles. The van der Waals surface area contributed by atoms with Gasteiger partial charge in [0.25, 0.3) is 0 Å². The van der Waals surface area contributed by atoms with Gasteiger partial charge in [0.1, 0.15) is 0 Å². The van der Waals surface area contributed by atoms with Crippen LogP contribution in [0.5, 0.6) is 0 Å². The molecular formula is C21H36N4O. The summed E-state index contributed by atoms with van der Waals surface area (Å²) in [6.07, 6.45) is 10.5. The molecule has 1 saturated heterocycles. The molecular weight excluding hydrogens is 324 g/mol. The number of nitrogens with one attached hydrogen (secondary N) is 1. The molecule has 1 N–H and O–H groups in total. The van der Waals surface area contributed by atoms with Gasteiger partial charge >= 0.3 is 0 Å². The third-order valence-corrected chi connectivity index (χ3v) is 6.98. The molecule has 5 heteroatoms. The Hall–Kier alpha value is -0.910. The average molecular weight is 361 g/mol. The topological polar surface area (TPSA) is 42.3 Å². The fourth-order valence-electron chi connectivity index (χ4n) is 5.46. The third kappa shape index (κ3) is 3.71. The SMILES string of the molecule is CNCCN(C)Cc1nn2c(c1[C@H]1CC[C@]3(CCCOC3)CC1)CCC2. The lowest BCUT2D eigenvalue weighted by Crippen LogP contribution is -2.35. The van der Waals surface area contributed by atoms with Crippen molar-refractivity contribution in [2.45, 2.75) is 70.4 Å². The lowest BCUT2D eigenvalue weighted by molar-refractivity contribution is -0.0309. The zero-order valence-corrected chi connectivity index (χ0v) is 16.7. The molecule has 1 aliphatic carbocycles. The molecule has 0 amide bonds. The van der Waals surface area contributed by atoms with Gasteiger partial charge in [-0.05, 0) is 76.8 Å². The Balaban J connectivity index is 1.48. The molecule has 2 fully saturated rings. The molecule has 3 heterocycles. The van der Waals surface area contributed by atoms with Gasteiger partial charge in [0.05, 0.1) is 12.3 Å². The highest BCUT2D eigenvalue weighted by atomic mass is 16.5. The van der Waals surface area contributed by atoms with E-state index in [9.17, 15) is 0 Å². The van der Waals surface area contributed by atoms with Crippen LogP contribution in [0.15, 0.2) is 0 Å². The maximum absolute atomic E-state index is 5.85. The number of nitrogens with zero attached hydrogens (tertiary/aromatic N) is 3. The Morgan fingerprint density at radius 2 is 2.12 bits per heavy atom. The van der Waals surface area contributed by atoms with E-state index < -0.39 is 0 Å². The highest BCUT2D eigenvalue weighted by Crippen LogP contribution is 2.48. The highest BCUT2D eigenvalue weighted by molar-refractivity contribution is 5.33. The molecule has 1 aromatic rings. The lowest BCUT2D eigenvalue weighted by Gasteiger charge is -2.42. The molecule has 1 aromatic heterocycles. The number of hydrogen-bond acceptors (Lipinski definition) is 4. The molecule has 26 heavy (non-hydrogen) atoms.